The summed E-state index contributed by atoms with van der Waals surface area (Å²) >= 11 is 12.1. The number of aromatic nitrogens is 1. The van der Waals surface area contributed by atoms with Crippen LogP contribution in [0.15, 0.2) is 47.6 Å². The summed E-state index contributed by atoms with van der Waals surface area (Å²) in [5.74, 6) is 0.787. The van der Waals surface area contributed by atoms with Gasteiger partial charge in [-0.3, -0.25) is 4.99 Å². The van der Waals surface area contributed by atoms with Gasteiger partial charge in [0.05, 0.1) is 0 Å². The summed E-state index contributed by atoms with van der Waals surface area (Å²) in [6, 6.07) is 12.0. The van der Waals surface area contributed by atoms with Gasteiger partial charge < -0.3 is 15.4 Å². The number of hydrogen-bond acceptors (Lipinski definition) is 3. The molecule has 1 aliphatic rings. The molecule has 0 radical (unpaired) electrons. The normalized spacial score (nSPS) is 16.6. The first-order valence-electron chi connectivity index (χ1n) is 9.50. The fourth-order valence-corrected chi connectivity index (χ4v) is 3.80. The maximum absolute atomic E-state index is 6.25. The first-order chi connectivity index (χ1) is 13.6. The monoisotopic (exact) mass is 420 g/mol. The van der Waals surface area contributed by atoms with E-state index in [1.165, 1.54) is 5.56 Å². The van der Waals surface area contributed by atoms with Crippen molar-refractivity contribution in [2.24, 2.45) is 4.99 Å². The van der Waals surface area contributed by atoms with Crippen LogP contribution >= 0.6 is 23.2 Å². The second-order valence-corrected chi connectivity index (χ2v) is 7.82. The highest BCUT2D eigenvalue weighted by Crippen LogP contribution is 2.35. The van der Waals surface area contributed by atoms with Crippen LogP contribution in [0.4, 0.5) is 0 Å². The van der Waals surface area contributed by atoms with E-state index in [0.717, 1.165) is 62.1 Å². The summed E-state index contributed by atoms with van der Waals surface area (Å²) in [5, 5.41) is 8.15. The van der Waals surface area contributed by atoms with Crippen molar-refractivity contribution in [2.45, 2.75) is 24.7 Å². The molecule has 0 atom stereocenters. The van der Waals surface area contributed by atoms with E-state index in [2.05, 4.69) is 32.7 Å². The summed E-state index contributed by atoms with van der Waals surface area (Å²) in [5.41, 5.74) is 2.37. The number of ether oxygens (including phenoxy) is 1. The second kappa shape index (κ2) is 10.1. The van der Waals surface area contributed by atoms with Crippen molar-refractivity contribution in [2.75, 3.05) is 33.4 Å². The first-order valence-corrected chi connectivity index (χ1v) is 10.3. The average Bonchev–Trinajstić information content (AvgIpc) is 2.72. The van der Waals surface area contributed by atoms with Gasteiger partial charge in [0, 0.05) is 50.0 Å². The summed E-state index contributed by atoms with van der Waals surface area (Å²) in [4.78, 5) is 8.47. The largest absolute Gasteiger partial charge is 0.381 e. The van der Waals surface area contributed by atoms with Crippen LogP contribution in [-0.2, 0) is 16.6 Å². The molecule has 2 heterocycles. The van der Waals surface area contributed by atoms with Crippen molar-refractivity contribution in [3.63, 3.8) is 0 Å². The molecular formula is C21H26Cl2N4O. The third kappa shape index (κ3) is 5.60. The van der Waals surface area contributed by atoms with Gasteiger partial charge in [0.2, 0.25) is 0 Å². The highest BCUT2D eigenvalue weighted by molar-refractivity contribution is 6.30. The molecule has 28 heavy (non-hydrogen) atoms. The number of nitrogens with zero attached hydrogens (tertiary/aromatic N) is 2. The van der Waals surface area contributed by atoms with Gasteiger partial charge in [-0.1, -0.05) is 41.4 Å². The zero-order chi connectivity index (χ0) is 19.8. The molecule has 2 N–H and O–H groups in total. The van der Waals surface area contributed by atoms with Crippen molar-refractivity contribution in [1.29, 1.82) is 0 Å². The summed E-state index contributed by atoms with van der Waals surface area (Å²) in [7, 11) is 1.79. The molecule has 0 amide bonds. The number of halogens is 2. The fourth-order valence-electron chi connectivity index (χ4n) is 3.50. The Labute approximate surface area is 176 Å². The fraction of sp³-hybridized carbons (Fsp3) is 0.429. The second-order valence-electron chi connectivity index (χ2n) is 6.99. The molecule has 1 aromatic carbocycles. The molecule has 150 valence electrons. The molecule has 2 aromatic rings. The van der Waals surface area contributed by atoms with Gasteiger partial charge in [0.15, 0.2) is 5.96 Å². The van der Waals surface area contributed by atoms with Crippen LogP contribution in [-0.4, -0.2) is 44.3 Å². The van der Waals surface area contributed by atoms with Crippen LogP contribution in [0.3, 0.4) is 0 Å². The highest BCUT2D eigenvalue weighted by atomic mass is 35.5. The maximum atomic E-state index is 6.25. The molecule has 0 bridgehead atoms. The van der Waals surface area contributed by atoms with Gasteiger partial charge in [-0.15, -0.1) is 0 Å². The van der Waals surface area contributed by atoms with Crippen molar-refractivity contribution < 1.29 is 4.74 Å². The van der Waals surface area contributed by atoms with Gasteiger partial charge in [-0.25, -0.2) is 4.98 Å². The van der Waals surface area contributed by atoms with Gasteiger partial charge in [0.1, 0.15) is 5.15 Å². The Hall–Kier alpha value is -1.82. The van der Waals surface area contributed by atoms with E-state index < -0.39 is 0 Å². The van der Waals surface area contributed by atoms with E-state index in [-0.39, 0.29) is 5.41 Å². The molecule has 0 unspecified atom stereocenters. The van der Waals surface area contributed by atoms with E-state index >= 15 is 0 Å². The van der Waals surface area contributed by atoms with Gasteiger partial charge in [0.25, 0.3) is 0 Å². The SMILES string of the molecule is CN=C(NCCc1ccc(Cl)nc1)NCC1(c2cccc(Cl)c2)CCOCC1. The number of hydrogen-bond donors (Lipinski definition) is 2. The number of benzene rings is 1. The number of nitrogens with one attached hydrogen (secondary N) is 2. The number of rotatable bonds is 6. The minimum absolute atomic E-state index is 0.0130. The molecule has 0 saturated carbocycles. The van der Waals surface area contributed by atoms with Crippen LogP contribution in [0.25, 0.3) is 0 Å². The van der Waals surface area contributed by atoms with Crippen molar-refractivity contribution in [1.82, 2.24) is 15.6 Å². The minimum Gasteiger partial charge on any atom is -0.381 e. The Morgan fingerprint density at radius 1 is 1.18 bits per heavy atom. The number of pyridine rings is 1. The Balaban J connectivity index is 1.59. The first kappa shape index (κ1) is 20.9. The van der Waals surface area contributed by atoms with Gasteiger partial charge in [-0.05, 0) is 48.6 Å². The minimum atomic E-state index is -0.0130. The number of aliphatic imine (C=N–C) groups is 1. The summed E-state index contributed by atoms with van der Waals surface area (Å²) in [6.07, 6.45) is 4.55. The van der Waals surface area contributed by atoms with Crippen molar-refractivity contribution in [3.05, 3.63) is 63.9 Å². The molecule has 3 rings (SSSR count). The molecule has 0 spiro atoms. The molecule has 1 aliphatic heterocycles. The topological polar surface area (TPSA) is 58.5 Å². The maximum Gasteiger partial charge on any atom is 0.191 e. The van der Waals surface area contributed by atoms with E-state index in [9.17, 15) is 0 Å². The zero-order valence-corrected chi connectivity index (χ0v) is 17.6. The number of guanidine groups is 1. The summed E-state index contributed by atoms with van der Waals surface area (Å²) in [6.45, 7) is 3.04. The van der Waals surface area contributed by atoms with Crippen molar-refractivity contribution in [3.8, 4) is 0 Å². The predicted molar refractivity (Wildman–Crippen MR) is 115 cm³/mol. The highest BCUT2D eigenvalue weighted by Gasteiger charge is 2.34. The third-order valence-electron chi connectivity index (χ3n) is 5.20. The molecule has 1 saturated heterocycles. The molecule has 1 fully saturated rings. The lowest BCUT2D eigenvalue weighted by Crippen LogP contribution is -2.48. The van der Waals surface area contributed by atoms with Gasteiger partial charge in [-0.2, -0.15) is 0 Å². The van der Waals surface area contributed by atoms with Crippen LogP contribution in [0.1, 0.15) is 24.0 Å². The average molecular weight is 421 g/mol. The van der Waals surface area contributed by atoms with Crippen LogP contribution in [0, 0.1) is 0 Å². The van der Waals surface area contributed by atoms with E-state index in [1.807, 2.05) is 24.3 Å². The van der Waals surface area contributed by atoms with Crippen LogP contribution in [0.5, 0.6) is 0 Å². The molecular weight excluding hydrogens is 395 g/mol. The lowest BCUT2D eigenvalue weighted by atomic mass is 9.74. The summed E-state index contributed by atoms with van der Waals surface area (Å²) < 4.78 is 5.61. The quantitative estimate of drug-likeness (QED) is 0.423. The van der Waals surface area contributed by atoms with Crippen molar-refractivity contribution >= 4 is 29.2 Å². The molecule has 1 aromatic heterocycles. The Kier molecular flexibility index (Phi) is 7.54. The van der Waals surface area contributed by atoms with E-state index in [4.69, 9.17) is 27.9 Å². The van der Waals surface area contributed by atoms with Crippen LogP contribution in [0.2, 0.25) is 10.2 Å². The zero-order valence-electron chi connectivity index (χ0n) is 16.0. The van der Waals surface area contributed by atoms with E-state index in [0.29, 0.717) is 5.15 Å². The Bertz CT molecular complexity index is 789. The van der Waals surface area contributed by atoms with Crippen LogP contribution < -0.4 is 10.6 Å². The predicted octanol–water partition coefficient (Wildman–Crippen LogP) is 3.84. The van der Waals surface area contributed by atoms with E-state index in [1.54, 1.807) is 13.2 Å². The third-order valence-corrected chi connectivity index (χ3v) is 5.66. The Morgan fingerprint density at radius 2 is 2.00 bits per heavy atom. The molecule has 0 aliphatic carbocycles. The lowest BCUT2D eigenvalue weighted by molar-refractivity contribution is 0.0514. The van der Waals surface area contributed by atoms with Gasteiger partial charge >= 0.3 is 0 Å². The standard InChI is InChI=1S/C21H26Cl2N4O/c1-24-20(25-10-7-16-5-6-19(23)26-14-16)27-15-21(8-11-28-12-9-21)17-3-2-4-18(22)13-17/h2-6,13-14H,7-12,15H2,1H3,(H2,24,25,27). The molecule has 5 nitrogen and oxygen atoms in total. The lowest BCUT2D eigenvalue weighted by Gasteiger charge is -2.38. The smallest absolute Gasteiger partial charge is 0.191 e. The molecule has 7 heteroatoms. The Morgan fingerprint density at radius 3 is 2.68 bits per heavy atom.